The van der Waals surface area contributed by atoms with Crippen LogP contribution in [0.3, 0.4) is 0 Å². The predicted octanol–water partition coefficient (Wildman–Crippen LogP) is 0.344. The van der Waals surface area contributed by atoms with Gasteiger partial charge in [-0.2, -0.15) is 5.10 Å². The molecule has 15 heavy (non-hydrogen) atoms. The van der Waals surface area contributed by atoms with Gasteiger partial charge in [-0.05, 0) is 13.1 Å². The standard InChI is InChI=1S/C10H19N3O2/c1-11-9(8-15-7-6-14-3)10-4-5-12-13(10)2/h4-5,9,11H,6-8H2,1-3H3. The smallest absolute Gasteiger partial charge is 0.0727 e. The molecule has 0 aromatic carbocycles. The monoisotopic (exact) mass is 213 g/mol. The molecule has 0 aliphatic rings. The van der Waals surface area contributed by atoms with Crippen LogP contribution in [0.25, 0.3) is 0 Å². The average Bonchev–Trinajstić information content (AvgIpc) is 2.65. The molecule has 1 atom stereocenters. The molecule has 0 saturated carbocycles. The van der Waals surface area contributed by atoms with Gasteiger partial charge >= 0.3 is 0 Å². The maximum atomic E-state index is 5.48. The van der Waals surface area contributed by atoms with Gasteiger partial charge in [0.05, 0.1) is 31.6 Å². The Morgan fingerprint density at radius 3 is 2.87 bits per heavy atom. The normalized spacial score (nSPS) is 13.0. The number of rotatable bonds is 7. The lowest BCUT2D eigenvalue weighted by molar-refractivity contribution is 0.0586. The minimum absolute atomic E-state index is 0.175. The van der Waals surface area contributed by atoms with E-state index in [-0.39, 0.29) is 6.04 Å². The summed E-state index contributed by atoms with van der Waals surface area (Å²) >= 11 is 0. The fourth-order valence-electron chi connectivity index (χ4n) is 1.39. The zero-order chi connectivity index (χ0) is 11.1. The number of nitrogens with one attached hydrogen (secondary N) is 1. The van der Waals surface area contributed by atoms with Crippen LogP contribution in [0.4, 0.5) is 0 Å². The van der Waals surface area contributed by atoms with Crippen molar-refractivity contribution in [1.82, 2.24) is 15.1 Å². The first kappa shape index (κ1) is 12.2. The molecular weight excluding hydrogens is 194 g/mol. The van der Waals surface area contributed by atoms with Crippen LogP contribution in [0.15, 0.2) is 12.3 Å². The zero-order valence-electron chi connectivity index (χ0n) is 9.56. The van der Waals surface area contributed by atoms with Crippen molar-refractivity contribution >= 4 is 0 Å². The van der Waals surface area contributed by atoms with Crippen molar-refractivity contribution in [2.45, 2.75) is 6.04 Å². The van der Waals surface area contributed by atoms with Crippen LogP contribution in [0.2, 0.25) is 0 Å². The van der Waals surface area contributed by atoms with E-state index in [1.807, 2.05) is 24.8 Å². The van der Waals surface area contributed by atoms with Crippen LogP contribution in [-0.2, 0) is 16.5 Å². The number of hydrogen-bond acceptors (Lipinski definition) is 4. The van der Waals surface area contributed by atoms with Crippen molar-refractivity contribution in [3.63, 3.8) is 0 Å². The van der Waals surface area contributed by atoms with Gasteiger partial charge in [0, 0.05) is 20.4 Å². The number of nitrogens with zero attached hydrogens (tertiary/aromatic N) is 2. The zero-order valence-corrected chi connectivity index (χ0v) is 9.56. The fraction of sp³-hybridized carbons (Fsp3) is 0.700. The Morgan fingerprint density at radius 2 is 2.33 bits per heavy atom. The topological polar surface area (TPSA) is 48.3 Å². The molecule has 0 bridgehead atoms. The van der Waals surface area contributed by atoms with Crippen LogP contribution in [0.1, 0.15) is 11.7 Å². The second-order valence-electron chi connectivity index (χ2n) is 3.29. The van der Waals surface area contributed by atoms with Gasteiger partial charge < -0.3 is 14.8 Å². The highest BCUT2D eigenvalue weighted by atomic mass is 16.5. The lowest BCUT2D eigenvalue weighted by Crippen LogP contribution is -2.24. The first-order chi connectivity index (χ1) is 7.29. The van der Waals surface area contributed by atoms with E-state index in [0.717, 1.165) is 5.69 Å². The molecular formula is C10H19N3O2. The van der Waals surface area contributed by atoms with E-state index < -0.39 is 0 Å². The number of likely N-dealkylation sites (N-methyl/N-ethyl adjacent to an activating group) is 1. The quantitative estimate of drug-likeness (QED) is 0.664. The van der Waals surface area contributed by atoms with E-state index in [1.165, 1.54) is 0 Å². The summed E-state index contributed by atoms with van der Waals surface area (Å²) in [4.78, 5) is 0. The SMILES string of the molecule is CNC(COCCOC)c1ccnn1C. The lowest BCUT2D eigenvalue weighted by Gasteiger charge is -2.16. The van der Waals surface area contributed by atoms with Crippen LogP contribution in [-0.4, -0.2) is 43.8 Å². The average molecular weight is 213 g/mol. The van der Waals surface area contributed by atoms with E-state index in [2.05, 4.69) is 10.4 Å². The highest BCUT2D eigenvalue weighted by molar-refractivity contribution is 5.06. The lowest BCUT2D eigenvalue weighted by atomic mass is 10.2. The molecule has 1 heterocycles. The molecule has 0 fully saturated rings. The van der Waals surface area contributed by atoms with Crippen molar-refractivity contribution in [1.29, 1.82) is 0 Å². The fourth-order valence-corrected chi connectivity index (χ4v) is 1.39. The minimum Gasteiger partial charge on any atom is -0.382 e. The van der Waals surface area contributed by atoms with Gasteiger partial charge in [-0.1, -0.05) is 0 Å². The predicted molar refractivity (Wildman–Crippen MR) is 57.7 cm³/mol. The molecule has 86 valence electrons. The van der Waals surface area contributed by atoms with Crippen molar-refractivity contribution in [2.75, 3.05) is 34.0 Å². The van der Waals surface area contributed by atoms with E-state index in [9.17, 15) is 0 Å². The van der Waals surface area contributed by atoms with Gasteiger partial charge in [0.1, 0.15) is 0 Å². The summed E-state index contributed by atoms with van der Waals surface area (Å²) in [6, 6.07) is 2.16. The van der Waals surface area contributed by atoms with Crippen LogP contribution < -0.4 is 5.32 Å². The Morgan fingerprint density at radius 1 is 1.53 bits per heavy atom. The molecule has 5 nitrogen and oxygen atoms in total. The van der Waals surface area contributed by atoms with E-state index in [4.69, 9.17) is 9.47 Å². The number of hydrogen-bond donors (Lipinski definition) is 1. The molecule has 5 heteroatoms. The minimum atomic E-state index is 0.175. The van der Waals surface area contributed by atoms with E-state index in [1.54, 1.807) is 13.3 Å². The van der Waals surface area contributed by atoms with Crippen molar-refractivity contribution in [3.05, 3.63) is 18.0 Å². The highest BCUT2D eigenvalue weighted by Gasteiger charge is 2.12. The first-order valence-corrected chi connectivity index (χ1v) is 5.01. The summed E-state index contributed by atoms with van der Waals surface area (Å²) in [6.07, 6.45) is 1.79. The Hall–Kier alpha value is -0.910. The molecule has 0 saturated heterocycles. The molecule has 1 aromatic rings. The van der Waals surface area contributed by atoms with Crippen molar-refractivity contribution < 1.29 is 9.47 Å². The summed E-state index contributed by atoms with van der Waals surface area (Å²) < 4.78 is 12.2. The summed E-state index contributed by atoms with van der Waals surface area (Å²) in [6.45, 7) is 1.87. The van der Waals surface area contributed by atoms with Crippen LogP contribution in [0, 0.1) is 0 Å². The molecule has 0 aliphatic heterocycles. The highest BCUT2D eigenvalue weighted by Crippen LogP contribution is 2.10. The van der Waals surface area contributed by atoms with Gasteiger partial charge in [0.2, 0.25) is 0 Å². The van der Waals surface area contributed by atoms with Gasteiger partial charge in [0.25, 0.3) is 0 Å². The number of aryl methyl sites for hydroxylation is 1. The Kier molecular flexibility index (Phi) is 5.31. The van der Waals surface area contributed by atoms with E-state index in [0.29, 0.717) is 19.8 Å². The number of ether oxygens (including phenoxy) is 2. The molecule has 1 N–H and O–H groups in total. The van der Waals surface area contributed by atoms with E-state index >= 15 is 0 Å². The molecule has 1 rings (SSSR count). The third-order valence-electron chi connectivity index (χ3n) is 2.28. The molecule has 0 spiro atoms. The van der Waals surface area contributed by atoms with Gasteiger partial charge in [-0.15, -0.1) is 0 Å². The molecule has 0 aliphatic carbocycles. The number of aromatic nitrogens is 2. The first-order valence-electron chi connectivity index (χ1n) is 5.01. The second-order valence-corrected chi connectivity index (χ2v) is 3.29. The van der Waals surface area contributed by atoms with Gasteiger partial charge in [-0.3, -0.25) is 4.68 Å². The third kappa shape index (κ3) is 3.62. The largest absolute Gasteiger partial charge is 0.382 e. The van der Waals surface area contributed by atoms with Crippen molar-refractivity contribution in [2.24, 2.45) is 7.05 Å². The van der Waals surface area contributed by atoms with Gasteiger partial charge in [-0.25, -0.2) is 0 Å². The summed E-state index contributed by atoms with van der Waals surface area (Å²) in [5.74, 6) is 0. The van der Waals surface area contributed by atoms with Crippen molar-refractivity contribution in [3.8, 4) is 0 Å². The summed E-state index contributed by atoms with van der Waals surface area (Å²) in [5.41, 5.74) is 1.12. The van der Waals surface area contributed by atoms with Crippen LogP contribution >= 0.6 is 0 Å². The molecule has 1 aromatic heterocycles. The Bertz CT molecular complexity index is 275. The molecule has 0 amide bonds. The Labute approximate surface area is 90.4 Å². The summed E-state index contributed by atoms with van der Waals surface area (Å²) in [5, 5.41) is 7.32. The molecule has 1 unspecified atom stereocenters. The molecule has 0 radical (unpaired) electrons. The Balaban J connectivity index is 2.39. The van der Waals surface area contributed by atoms with Gasteiger partial charge in [0.15, 0.2) is 0 Å². The maximum Gasteiger partial charge on any atom is 0.0727 e. The maximum absolute atomic E-state index is 5.48. The van der Waals surface area contributed by atoms with Crippen LogP contribution in [0.5, 0.6) is 0 Å². The second kappa shape index (κ2) is 6.55. The summed E-state index contributed by atoms with van der Waals surface area (Å²) in [7, 11) is 5.51. The number of methoxy groups -OCH3 is 1. The third-order valence-corrected chi connectivity index (χ3v) is 2.28.